The summed E-state index contributed by atoms with van der Waals surface area (Å²) in [5, 5.41) is 15.5. The molecule has 7 nitrogen and oxygen atoms in total. The number of aromatic nitrogens is 3. The number of hydrogen-bond acceptors (Lipinski definition) is 4. The lowest BCUT2D eigenvalue weighted by Gasteiger charge is -2.24. The maximum absolute atomic E-state index is 4.33. The lowest BCUT2D eigenvalue weighted by atomic mass is 10.2. The van der Waals surface area contributed by atoms with Gasteiger partial charge in [-0.05, 0) is 38.8 Å². The van der Waals surface area contributed by atoms with Crippen molar-refractivity contribution in [1.82, 2.24) is 30.3 Å². The number of likely N-dealkylation sites (N-methyl/N-ethyl adjacent to an activating group) is 1. The Kier molecular flexibility index (Phi) is 7.73. The van der Waals surface area contributed by atoms with Gasteiger partial charge >= 0.3 is 0 Å². The molecule has 0 bridgehead atoms. The van der Waals surface area contributed by atoms with Gasteiger partial charge in [-0.1, -0.05) is 6.92 Å². The van der Waals surface area contributed by atoms with Crippen LogP contribution in [0, 0.1) is 0 Å². The quantitative estimate of drug-likeness (QED) is 0.406. The highest BCUT2D eigenvalue weighted by Crippen LogP contribution is 2.16. The van der Waals surface area contributed by atoms with E-state index < -0.39 is 0 Å². The van der Waals surface area contributed by atoms with Crippen LogP contribution in [0.25, 0.3) is 0 Å². The molecule has 24 heavy (non-hydrogen) atoms. The number of aliphatic imine (C=N–C) groups is 1. The summed E-state index contributed by atoms with van der Waals surface area (Å²) in [6.07, 6.45) is 6.08. The Bertz CT molecular complexity index is 543. The van der Waals surface area contributed by atoms with Crippen molar-refractivity contribution in [2.45, 2.75) is 58.2 Å². The first kappa shape index (κ1) is 19.4. The molecule has 3 rings (SSSR count). The molecular formula is C16H30IN7. The van der Waals surface area contributed by atoms with Crippen LogP contribution in [0.3, 0.4) is 0 Å². The van der Waals surface area contributed by atoms with E-state index in [0.717, 1.165) is 43.7 Å². The average molecular weight is 447 g/mol. The molecule has 1 fully saturated rings. The van der Waals surface area contributed by atoms with Crippen LogP contribution in [-0.4, -0.2) is 58.3 Å². The topological polar surface area (TPSA) is 70.4 Å². The van der Waals surface area contributed by atoms with E-state index in [-0.39, 0.29) is 24.0 Å². The van der Waals surface area contributed by atoms with Gasteiger partial charge in [0.05, 0.1) is 6.54 Å². The summed E-state index contributed by atoms with van der Waals surface area (Å²) in [4.78, 5) is 6.87. The van der Waals surface area contributed by atoms with Crippen LogP contribution in [-0.2, 0) is 19.5 Å². The molecule has 136 valence electrons. The van der Waals surface area contributed by atoms with E-state index in [2.05, 4.69) is 42.2 Å². The molecule has 2 aliphatic rings. The highest BCUT2D eigenvalue weighted by molar-refractivity contribution is 14.0. The maximum Gasteiger partial charge on any atom is 0.191 e. The molecule has 0 amide bonds. The minimum absolute atomic E-state index is 0. The van der Waals surface area contributed by atoms with Crippen LogP contribution >= 0.6 is 24.0 Å². The zero-order valence-corrected chi connectivity index (χ0v) is 17.1. The second-order valence-electron chi connectivity index (χ2n) is 6.37. The average Bonchev–Trinajstić information content (AvgIpc) is 3.21. The summed E-state index contributed by atoms with van der Waals surface area (Å²) in [7, 11) is 1.82. The van der Waals surface area contributed by atoms with E-state index >= 15 is 0 Å². The number of nitrogens with one attached hydrogen (secondary N) is 2. The molecule has 1 unspecified atom stereocenters. The summed E-state index contributed by atoms with van der Waals surface area (Å²) in [5.74, 6) is 2.99. The zero-order valence-electron chi connectivity index (χ0n) is 14.8. The molecule has 0 spiro atoms. The molecular weight excluding hydrogens is 417 g/mol. The lowest BCUT2D eigenvalue weighted by Crippen LogP contribution is -2.44. The van der Waals surface area contributed by atoms with Crippen LogP contribution < -0.4 is 10.6 Å². The lowest BCUT2D eigenvalue weighted by molar-refractivity contribution is 0.267. The predicted octanol–water partition coefficient (Wildman–Crippen LogP) is 1.38. The first-order valence-electron chi connectivity index (χ1n) is 8.91. The molecule has 1 saturated heterocycles. The van der Waals surface area contributed by atoms with Gasteiger partial charge in [0.25, 0.3) is 0 Å². The van der Waals surface area contributed by atoms with Gasteiger partial charge in [0.15, 0.2) is 11.8 Å². The Labute approximate surface area is 161 Å². The van der Waals surface area contributed by atoms with Gasteiger partial charge in [-0.25, -0.2) is 0 Å². The first-order valence-corrected chi connectivity index (χ1v) is 8.91. The Hall–Kier alpha value is -0.900. The van der Waals surface area contributed by atoms with Crippen LogP contribution in [0.1, 0.15) is 44.3 Å². The maximum atomic E-state index is 4.33. The summed E-state index contributed by atoms with van der Waals surface area (Å²) < 4.78 is 2.25. The summed E-state index contributed by atoms with van der Waals surface area (Å²) in [6, 6.07) is 0.624. The van der Waals surface area contributed by atoms with E-state index in [1.165, 1.54) is 32.2 Å². The fourth-order valence-corrected chi connectivity index (χ4v) is 3.64. The predicted molar refractivity (Wildman–Crippen MR) is 107 cm³/mol. The molecule has 8 heteroatoms. The molecule has 1 atom stereocenters. The Morgan fingerprint density at radius 3 is 2.88 bits per heavy atom. The van der Waals surface area contributed by atoms with Crippen molar-refractivity contribution in [2.75, 3.05) is 26.7 Å². The second kappa shape index (κ2) is 9.55. The number of guanidine groups is 1. The van der Waals surface area contributed by atoms with Crippen LogP contribution in [0.4, 0.5) is 0 Å². The van der Waals surface area contributed by atoms with Gasteiger partial charge < -0.3 is 15.2 Å². The van der Waals surface area contributed by atoms with Crippen molar-refractivity contribution >= 4 is 29.9 Å². The third kappa shape index (κ3) is 4.59. The molecule has 1 aromatic heterocycles. The smallest absolute Gasteiger partial charge is 0.191 e. The first-order chi connectivity index (χ1) is 11.3. The number of halogens is 1. The number of rotatable bonds is 5. The van der Waals surface area contributed by atoms with Gasteiger partial charge in [0.1, 0.15) is 5.82 Å². The molecule has 3 heterocycles. The number of likely N-dealkylation sites (tertiary alicyclic amines) is 1. The number of nitrogens with zero attached hydrogens (tertiary/aromatic N) is 5. The van der Waals surface area contributed by atoms with Crippen molar-refractivity contribution < 1.29 is 0 Å². The number of hydrogen-bond donors (Lipinski definition) is 2. The van der Waals surface area contributed by atoms with Crippen LogP contribution in [0.15, 0.2) is 4.99 Å². The van der Waals surface area contributed by atoms with Gasteiger partial charge in [0.2, 0.25) is 0 Å². The van der Waals surface area contributed by atoms with Gasteiger partial charge in [-0.2, -0.15) is 0 Å². The Morgan fingerprint density at radius 1 is 1.21 bits per heavy atom. The summed E-state index contributed by atoms with van der Waals surface area (Å²) in [5.41, 5.74) is 0. The Morgan fingerprint density at radius 2 is 2.08 bits per heavy atom. The standard InChI is InChI=1S/C16H29N7.HI/c1-3-22-9-6-7-13(22)11-18-16(17-2)19-12-15-21-20-14-8-4-5-10-23(14)15;/h13H,3-12H2,1-2H3,(H2,17,18,19);1H. The van der Waals surface area contributed by atoms with Crippen LogP contribution in [0.5, 0.6) is 0 Å². The summed E-state index contributed by atoms with van der Waals surface area (Å²) in [6.45, 7) is 7.25. The third-order valence-electron chi connectivity index (χ3n) is 4.98. The third-order valence-corrected chi connectivity index (χ3v) is 4.98. The van der Waals surface area contributed by atoms with Crippen molar-refractivity contribution in [1.29, 1.82) is 0 Å². The molecule has 0 radical (unpaired) electrons. The molecule has 2 N–H and O–H groups in total. The molecule has 2 aliphatic heterocycles. The highest BCUT2D eigenvalue weighted by atomic mass is 127. The zero-order chi connectivity index (χ0) is 16.1. The van der Waals surface area contributed by atoms with Crippen molar-refractivity contribution in [3.8, 4) is 0 Å². The molecule has 0 aliphatic carbocycles. The minimum atomic E-state index is 0. The largest absolute Gasteiger partial charge is 0.355 e. The second-order valence-corrected chi connectivity index (χ2v) is 6.37. The highest BCUT2D eigenvalue weighted by Gasteiger charge is 2.23. The van der Waals surface area contributed by atoms with E-state index in [9.17, 15) is 0 Å². The monoisotopic (exact) mass is 447 g/mol. The fourth-order valence-electron chi connectivity index (χ4n) is 3.64. The molecule has 0 aromatic carbocycles. The normalized spacial score (nSPS) is 21.2. The van der Waals surface area contributed by atoms with Gasteiger partial charge in [-0.15, -0.1) is 34.2 Å². The van der Waals surface area contributed by atoms with Crippen molar-refractivity contribution in [2.24, 2.45) is 4.99 Å². The van der Waals surface area contributed by atoms with Crippen LogP contribution in [0.2, 0.25) is 0 Å². The SMILES string of the molecule is CCN1CCCC1CNC(=NC)NCc1nnc2n1CCCC2.I. The van der Waals surface area contributed by atoms with E-state index in [1.54, 1.807) is 0 Å². The van der Waals surface area contributed by atoms with E-state index in [4.69, 9.17) is 0 Å². The van der Waals surface area contributed by atoms with Gasteiger partial charge in [-0.3, -0.25) is 9.89 Å². The Balaban J connectivity index is 0.00000208. The molecule has 0 saturated carbocycles. The number of aryl methyl sites for hydroxylation is 1. The molecule has 1 aromatic rings. The van der Waals surface area contributed by atoms with Crippen molar-refractivity contribution in [3.63, 3.8) is 0 Å². The van der Waals surface area contributed by atoms with E-state index in [1.807, 2.05) is 7.05 Å². The summed E-state index contributed by atoms with van der Waals surface area (Å²) >= 11 is 0. The number of fused-ring (bicyclic) bond motifs is 1. The minimum Gasteiger partial charge on any atom is -0.355 e. The van der Waals surface area contributed by atoms with E-state index in [0.29, 0.717) is 12.6 Å². The fraction of sp³-hybridized carbons (Fsp3) is 0.812. The van der Waals surface area contributed by atoms with Gasteiger partial charge in [0, 0.05) is 32.6 Å². The van der Waals surface area contributed by atoms with Crippen molar-refractivity contribution in [3.05, 3.63) is 11.6 Å².